The van der Waals surface area contributed by atoms with Gasteiger partial charge in [-0.25, -0.2) is 0 Å². The molecule has 14 nitrogen and oxygen atoms in total. The molecule has 222 valence electrons. The van der Waals surface area contributed by atoms with E-state index in [1.165, 1.54) is 28.1 Å². The number of hydrogen-bond donors (Lipinski definition) is 6. The van der Waals surface area contributed by atoms with Crippen LogP contribution < -0.4 is 22.1 Å². The van der Waals surface area contributed by atoms with Crippen LogP contribution in [0.4, 0.5) is 0 Å². The monoisotopic (exact) mass is 1040 g/mol. The Kier molecular flexibility index (Phi) is 30.9. The topological polar surface area (TPSA) is 237 Å². The molecular formula is C18H32I2N4O10Se4. The van der Waals surface area contributed by atoms with Gasteiger partial charge in [0.25, 0.3) is 0 Å². The molecule has 0 fully saturated rings. The number of ether oxygens (including phenoxy) is 2. The normalized spacial score (nSPS) is 12.9. The fraction of sp³-hybridized carbons (Fsp3) is 0.667. The molecule has 4 atom stereocenters. The molecule has 0 aliphatic rings. The number of aliphatic carboxylic acids is 2. The number of nitrogens with two attached hydrogens (primary N) is 2. The van der Waals surface area contributed by atoms with Crippen LogP contribution in [0.15, 0.2) is 0 Å². The Labute approximate surface area is 266 Å². The van der Waals surface area contributed by atoms with Crippen molar-refractivity contribution in [3.63, 3.8) is 0 Å². The van der Waals surface area contributed by atoms with Crippen molar-refractivity contribution < 1.29 is 48.5 Å². The summed E-state index contributed by atoms with van der Waals surface area (Å²) < 4.78 is 9.26. The van der Waals surface area contributed by atoms with Gasteiger partial charge >= 0.3 is 232 Å². The number of carbonyl (C=O) groups excluding carboxylic acids is 4. The summed E-state index contributed by atoms with van der Waals surface area (Å²) in [6.45, 7) is 2.66. The molecule has 0 aliphatic heterocycles. The molecule has 0 aromatic heterocycles. The summed E-state index contributed by atoms with van der Waals surface area (Å²) in [5.41, 5.74) is 10.5. The number of carboxylic acid groups (broad SMARTS) is 2. The van der Waals surface area contributed by atoms with E-state index >= 15 is 0 Å². The molecule has 0 spiro atoms. The van der Waals surface area contributed by atoms with E-state index < -0.39 is 48.0 Å². The van der Waals surface area contributed by atoms with Gasteiger partial charge in [-0.1, -0.05) is 0 Å². The van der Waals surface area contributed by atoms with Crippen molar-refractivity contribution in [3.05, 3.63) is 0 Å². The van der Waals surface area contributed by atoms with Gasteiger partial charge in [-0.2, -0.15) is 0 Å². The number of halogens is 2. The van der Waals surface area contributed by atoms with Crippen molar-refractivity contribution >= 4 is 125 Å². The SMILES string of the molecule is COC(=O)[C@H](C[Se][Se]C[C@H](NC(C)=O)C(=O)OC)NC(C)=O.II.N[C@@H](C[Se][Se]C[C@H](N)C(=O)O)C(=O)O. The van der Waals surface area contributed by atoms with Crippen LogP contribution in [0.25, 0.3) is 0 Å². The first-order chi connectivity index (χ1) is 17.8. The van der Waals surface area contributed by atoms with Gasteiger partial charge in [-0.3, -0.25) is 0 Å². The zero-order chi connectivity index (χ0) is 30.3. The first-order valence-electron chi connectivity index (χ1n) is 10.1. The molecule has 0 heterocycles. The van der Waals surface area contributed by atoms with Crippen molar-refractivity contribution in [3.8, 4) is 0 Å². The minimum atomic E-state index is -1.01. The molecule has 8 N–H and O–H groups in total. The van der Waals surface area contributed by atoms with Crippen molar-refractivity contribution in [1.82, 2.24) is 10.6 Å². The number of rotatable bonds is 16. The maximum absolute atomic E-state index is 11.5. The van der Waals surface area contributed by atoms with Crippen LogP contribution in [0.1, 0.15) is 13.8 Å². The van der Waals surface area contributed by atoms with Gasteiger partial charge in [0, 0.05) is 37.2 Å². The molecule has 0 aromatic carbocycles. The van der Waals surface area contributed by atoms with E-state index in [1.807, 2.05) is 0 Å². The maximum atomic E-state index is 11.5. The molecule has 38 heavy (non-hydrogen) atoms. The third-order valence-corrected chi connectivity index (χ3v) is 17.8. The van der Waals surface area contributed by atoms with Crippen LogP contribution in [0.3, 0.4) is 0 Å². The number of esters is 2. The average Bonchev–Trinajstić information content (AvgIpc) is 2.87. The molecule has 0 saturated heterocycles. The van der Waals surface area contributed by atoms with E-state index in [1.54, 1.807) is 0 Å². The van der Waals surface area contributed by atoms with Gasteiger partial charge in [0.05, 0.1) is 0 Å². The first-order valence-corrected chi connectivity index (χ1v) is 29.9. The van der Waals surface area contributed by atoms with E-state index in [0.29, 0.717) is 21.3 Å². The van der Waals surface area contributed by atoms with Crippen molar-refractivity contribution in [2.45, 2.75) is 59.3 Å². The summed E-state index contributed by atoms with van der Waals surface area (Å²) in [6, 6.07) is -2.97. The summed E-state index contributed by atoms with van der Waals surface area (Å²) in [4.78, 5) is 65.8. The van der Waals surface area contributed by atoms with E-state index in [4.69, 9.17) is 21.7 Å². The molecule has 0 saturated carbocycles. The van der Waals surface area contributed by atoms with Crippen LogP contribution in [-0.4, -0.2) is 137 Å². The average molecular weight is 1030 g/mol. The standard InChI is InChI=1S/C12H20N2O6Se2.C6H12N2O4Se2.I2/c1-7(15)13-9(11(17)19-3)5-21-22-6-10(12(18)20-4)14-8(2)16;7-3(5(9)10)1-13-14-2-4(8)6(11)12;1-2/h9-10H,5-6H2,1-4H3,(H,13,15)(H,14,16);3-4H,1-2,7-8H2,(H,9,10)(H,11,12);/t9-,10-;3-,4-;/m00./s1. The molecule has 0 aliphatic carbocycles. The van der Waals surface area contributed by atoms with Gasteiger partial charge in [0.2, 0.25) is 0 Å². The predicted octanol–water partition coefficient (Wildman–Crippen LogP) is -1.76. The van der Waals surface area contributed by atoms with Crippen molar-refractivity contribution in [2.24, 2.45) is 11.5 Å². The Morgan fingerprint density at radius 1 is 0.684 bits per heavy atom. The van der Waals surface area contributed by atoms with Gasteiger partial charge in [0.1, 0.15) is 0 Å². The summed E-state index contributed by atoms with van der Waals surface area (Å²) in [5.74, 6) is -3.59. The Balaban J connectivity index is -0.000000659. The van der Waals surface area contributed by atoms with E-state index in [9.17, 15) is 28.8 Å². The number of nitrogens with one attached hydrogen (secondary N) is 2. The molecular weight excluding hydrogens is 1000 g/mol. The first kappa shape index (κ1) is 42.7. The fourth-order valence-electron chi connectivity index (χ4n) is 1.73. The number of carbonyl (C=O) groups is 6. The number of carboxylic acids is 2. The second-order valence-electron chi connectivity index (χ2n) is 6.58. The summed E-state index contributed by atoms with van der Waals surface area (Å²) in [7, 11) is 2.53. The molecule has 0 radical (unpaired) electrons. The van der Waals surface area contributed by atoms with Crippen LogP contribution in [0.5, 0.6) is 0 Å². The molecule has 20 heteroatoms. The fourth-order valence-corrected chi connectivity index (χ4v) is 15.6. The van der Waals surface area contributed by atoms with Crippen LogP contribution >= 0.6 is 37.2 Å². The quantitative estimate of drug-likeness (QED) is 0.0437. The van der Waals surface area contributed by atoms with E-state index in [0.717, 1.165) is 0 Å². The van der Waals surface area contributed by atoms with Gasteiger partial charge in [0.15, 0.2) is 0 Å². The van der Waals surface area contributed by atoms with Gasteiger partial charge in [-0.15, -0.1) is 0 Å². The molecule has 0 aromatic rings. The Morgan fingerprint density at radius 3 is 1.16 bits per heavy atom. The second kappa shape index (κ2) is 27.4. The second-order valence-corrected chi connectivity index (χ2v) is 21.6. The Hall–Kier alpha value is 0.278. The zero-order valence-electron chi connectivity index (χ0n) is 20.8. The Morgan fingerprint density at radius 2 is 0.947 bits per heavy atom. The predicted molar refractivity (Wildman–Crippen MR) is 161 cm³/mol. The van der Waals surface area contributed by atoms with Crippen LogP contribution in [0.2, 0.25) is 21.3 Å². The number of methoxy groups -OCH3 is 2. The Bertz CT molecular complexity index is 698. The third kappa shape index (κ3) is 25.3. The molecule has 2 amide bonds. The summed E-state index contributed by atoms with van der Waals surface area (Å²) in [5, 5.41) is 23.8. The third-order valence-electron chi connectivity index (χ3n) is 3.49. The number of amides is 2. The van der Waals surface area contributed by atoms with E-state index in [-0.39, 0.29) is 64.3 Å². The minimum absolute atomic E-state index is 0.0546. The van der Waals surface area contributed by atoms with Crippen molar-refractivity contribution in [2.75, 3.05) is 14.2 Å². The zero-order valence-corrected chi connectivity index (χ0v) is 32.0. The van der Waals surface area contributed by atoms with Gasteiger partial charge in [-0.05, 0) is 0 Å². The summed E-state index contributed by atoms with van der Waals surface area (Å²) in [6.07, 6.45) is 0. The summed E-state index contributed by atoms with van der Waals surface area (Å²) >= 11 is 4.57. The van der Waals surface area contributed by atoms with E-state index in [2.05, 4.69) is 57.3 Å². The molecule has 0 bridgehead atoms. The van der Waals surface area contributed by atoms with Gasteiger partial charge < -0.3 is 0 Å². The number of hydrogen-bond acceptors (Lipinski definition) is 10. The van der Waals surface area contributed by atoms with Crippen LogP contribution in [0, 0.1) is 0 Å². The molecule has 0 unspecified atom stereocenters. The molecule has 0 rings (SSSR count). The van der Waals surface area contributed by atoms with Crippen molar-refractivity contribution in [1.29, 1.82) is 0 Å². The van der Waals surface area contributed by atoms with Crippen LogP contribution in [-0.2, 0) is 38.2 Å².